The van der Waals surface area contributed by atoms with Gasteiger partial charge >= 0.3 is 5.97 Å². The van der Waals surface area contributed by atoms with Gasteiger partial charge in [-0.2, -0.15) is 0 Å². The number of allylic oxidation sites excluding steroid dienone is 1. The molecule has 286 valence electrons. The van der Waals surface area contributed by atoms with Crippen molar-refractivity contribution in [3.63, 3.8) is 0 Å². The monoisotopic (exact) mass is 711 g/mol. The first-order chi connectivity index (χ1) is 23.7. The second kappa shape index (κ2) is 18.3. The van der Waals surface area contributed by atoms with Crippen LogP contribution < -0.4 is 0 Å². The summed E-state index contributed by atoms with van der Waals surface area (Å²) in [5.74, 6) is -1.66. The molecule has 17 atom stereocenters. The molecule has 0 aliphatic carbocycles. The number of carbonyl (C=O) groups is 2. The Kier molecular flexibility index (Phi) is 15.0. The van der Waals surface area contributed by atoms with Gasteiger partial charge in [-0.3, -0.25) is 4.79 Å². The number of hydrogen-bond acceptors (Lipinski definition) is 13. The van der Waals surface area contributed by atoms with E-state index < -0.39 is 67.2 Å². The molecular weight excluding hydrogens is 650 g/mol. The number of fused-ring (bicyclic) bond motifs is 1. The first-order valence-electron chi connectivity index (χ1n) is 18.1. The smallest absolute Gasteiger partial charge is 0.330 e. The van der Waals surface area contributed by atoms with Gasteiger partial charge in [-0.25, -0.2) is 4.79 Å². The highest BCUT2D eigenvalue weighted by molar-refractivity contribution is 5.91. The molecule has 3 saturated heterocycles. The Morgan fingerprint density at radius 3 is 2.20 bits per heavy atom. The molecule has 0 aromatic rings. The predicted molar refractivity (Wildman–Crippen MR) is 183 cm³/mol. The van der Waals surface area contributed by atoms with Gasteiger partial charge in [0.2, 0.25) is 0 Å². The molecule has 0 saturated carbocycles. The first kappa shape index (κ1) is 41.0. The molecule has 0 radical (unpaired) electrons. The summed E-state index contributed by atoms with van der Waals surface area (Å²) in [6, 6.07) is -0.144. The molecule has 13 nitrogen and oxygen atoms in total. The van der Waals surface area contributed by atoms with E-state index in [9.17, 15) is 19.8 Å². The fourth-order valence-corrected chi connectivity index (χ4v) is 7.64. The van der Waals surface area contributed by atoms with Crippen LogP contribution in [0.4, 0.5) is 0 Å². The number of epoxide rings is 1. The molecule has 3 fully saturated rings. The van der Waals surface area contributed by atoms with E-state index in [-0.39, 0.29) is 54.5 Å². The molecule has 0 aromatic carbocycles. The van der Waals surface area contributed by atoms with Crippen LogP contribution in [0.3, 0.4) is 0 Å². The molecule has 0 amide bonds. The van der Waals surface area contributed by atoms with Gasteiger partial charge in [-0.15, -0.1) is 0 Å². The van der Waals surface area contributed by atoms with E-state index in [1.165, 1.54) is 20.3 Å². The van der Waals surface area contributed by atoms with Gasteiger partial charge in [0.1, 0.15) is 36.6 Å². The number of carbonyl (C=O) groups excluding carboxylic acids is 2. The maximum absolute atomic E-state index is 13.4. The molecule has 13 heteroatoms. The number of aliphatic hydroxyl groups is 2. The Bertz CT molecular complexity index is 1170. The minimum Gasteiger partial charge on any atom is -0.459 e. The number of cyclic esters (lactones) is 1. The molecule has 2 N–H and O–H groups in total. The summed E-state index contributed by atoms with van der Waals surface area (Å²) in [5, 5.41) is 21.8. The summed E-state index contributed by atoms with van der Waals surface area (Å²) in [6.45, 7) is 11.6. The third-order valence-corrected chi connectivity index (χ3v) is 10.7. The second-order valence-electron chi connectivity index (χ2n) is 14.8. The average Bonchev–Trinajstić information content (AvgIpc) is 3.85. The van der Waals surface area contributed by atoms with Crippen molar-refractivity contribution in [1.29, 1.82) is 0 Å². The normalized spacial score (nSPS) is 46.2. The van der Waals surface area contributed by atoms with Crippen LogP contribution in [0, 0.1) is 23.7 Å². The number of ether oxygens (including phenoxy) is 8. The lowest BCUT2D eigenvalue weighted by Gasteiger charge is -2.43. The van der Waals surface area contributed by atoms with Gasteiger partial charge in [-0.1, -0.05) is 33.8 Å². The maximum Gasteiger partial charge on any atom is 0.330 e. The predicted octanol–water partition coefficient (Wildman–Crippen LogP) is 2.65. The number of esters is 1. The Hall–Kier alpha value is -1.78. The number of rotatable bonds is 9. The van der Waals surface area contributed by atoms with Crippen LogP contribution in [0.2, 0.25) is 0 Å². The van der Waals surface area contributed by atoms with Crippen molar-refractivity contribution in [3.8, 4) is 0 Å². The van der Waals surface area contributed by atoms with Crippen LogP contribution in [-0.2, 0) is 47.5 Å². The molecule has 4 aliphatic rings. The molecule has 4 aliphatic heterocycles. The number of aliphatic hydroxyl groups excluding tert-OH is 2. The Morgan fingerprint density at radius 2 is 1.56 bits per heavy atom. The molecule has 4 heterocycles. The standard InChI is InChI=1S/C37H61NO12/c1-11-27-24(18-45-37-35(44-10)34(43-9)30(41)23(6)47-37)33-28(49-33)14-13-26(39)20(3)16-21(4)32(19(2)12-15-29(40)48-27)50-36-31(42)25(38(7)8)17-22(5)46-36/h12-15,19-25,27-28,30-37,41-42H,11,16-18H2,1-10H3/b14-13-,15-12-/t19-,20+,21-,22+,23+,24+,25-,27+,28+,30+,31+,32+,33+,34+,35+,36-,37+/m0/s1. The summed E-state index contributed by atoms with van der Waals surface area (Å²) in [6.07, 6.45) is 0.848. The fraction of sp³-hybridized carbons (Fsp3) is 0.838. The number of methoxy groups -OCH3 is 2. The van der Waals surface area contributed by atoms with Gasteiger partial charge in [0.05, 0.1) is 31.0 Å². The summed E-state index contributed by atoms with van der Waals surface area (Å²) in [5.41, 5.74) is 0. The molecule has 0 aromatic heterocycles. The van der Waals surface area contributed by atoms with Gasteiger partial charge < -0.3 is 53.0 Å². The van der Waals surface area contributed by atoms with E-state index in [2.05, 4.69) is 0 Å². The van der Waals surface area contributed by atoms with Crippen molar-refractivity contribution in [1.82, 2.24) is 4.90 Å². The largest absolute Gasteiger partial charge is 0.459 e. The SMILES string of the molecule is CC[C@H]1OC(=O)/C=C\[C@H](C)[C@@H](O[C@@H]2O[C@H](C)C[C@H](N(C)C)[C@H]2O)[C@@H](C)C[C@@H](C)C(=O)/C=C\[C@H]2O[C@@H]2[C@@H]1CO[C@@H]1O[C@H](C)[C@@H](O)[C@@H](OC)[C@H]1OC. The zero-order chi connectivity index (χ0) is 36.9. The Morgan fingerprint density at radius 1 is 0.860 bits per heavy atom. The lowest BCUT2D eigenvalue weighted by atomic mass is 9.84. The average molecular weight is 712 g/mol. The summed E-state index contributed by atoms with van der Waals surface area (Å²) >= 11 is 0. The minimum absolute atomic E-state index is 0.0293. The first-order valence-corrected chi connectivity index (χ1v) is 18.1. The summed E-state index contributed by atoms with van der Waals surface area (Å²) in [7, 11) is 6.85. The van der Waals surface area contributed by atoms with Gasteiger partial charge in [0.25, 0.3) is 0 Å². The topological polar surface area (TPSA) is 155 Å². The van der Waals surface area contributed by atoms with Crippen LogP contribution >= 0.6 is 0 Å². The van der Waals surface area contributed by atoms with E-state index >= 15 is 0 Å². The molecule has 0 unspecified atom stereocenters. The van der Waals surface area contributed by atoms with E-state index in [1.807, 2.05) is 53.6 Å². The molecular formula is C37H61NO12. The highest BCUT2D eigenvalue weighted by Crippen LogP contribution is 2.37. The van der Waals surface area contributed by atoms with Crippen molar-refractivity contribution < 1.29 is 57.7 Å². The van der Waals surface area contributed by atoms with Gasteiger partial charge in [0.15, 0.2) is 18.4 Å². The van der Waals surface area contributed by atoms with Crippen LogP contribution in [0.5, 0.6) is 0 Å². The quantitative estimate of drug-likeness (QED) is 0.266. The summed E-state index contributed by atoms with van der Waals surface area (Å²) < 4.78 is 48.1. The molecule has 4 rings (SSSR count). The maximum atomic E-state index is 13.4. The van der Waals surface area contributed by atoms with Crippen LogP contribution in [0.25, 0.3) is 0 Å². The number of likely N-dealkylation sites (N-methyl/N-ethyl adjacent to an activating group) is 1. The van der Waals surface area contributed by atoms with E-state index in [4.69, 9.17) is 37.9 Å². The van der Waals surface area contributed by atoms with Crippen LogP contribution in [-0.4, -0.2) is 141 Å². The van der Waals surface area contributed by atoms with Gasteiger partial charge in [0, 0.05) is 44.1 Å². The van der Waals surface area contributed by atoms with Crippen LogP contribution in [0.1, 0.15) is 60.8 Å². The molecule has 0 bridgehead atoms. The Labute approximate surface area is 297 Å². The van der Waals surface area contributed by atoms with Crippen LogP contribution in [0.15, 0.2) is 24.3 Å². The zero-order valence-corrected chi connectivity index (χ0v) is 31.4. The number of ketones is 1. The van der Waals surface area contributed by atoms with Crippen molar-refractivity contribution in [3.05, 3.63) is 24.3 Å². The van der Waals surface area contributed by atoms with Crippen molar-refractivity contribution >= 4 is 11.8 Å². The zero-order valence-electron chi connectivity index (χ0n) is 31.4. The van der Waals surface area contributed by atoms with Crippen molar-refractivity contribution in [2.45, 2.75) is 140 Å². The summed E-state index contributed by atoms with van der Waals surface area (Å²) in [4.78, 5) is 28.7. The van der Waals surface area contributed by atoms with Crippen molar-refractivity contribution in [2.24, 2.45) is 23.7 Å². The second-order valence-corrected chi connectivity index (χ2v) is 14.8. The number of nitrogens with zero attached hydrogens (tertiary/aromatic N) is 1. The van der Waals surface area contributed by atoms with Gasteiger partial charge in [-0.05, 0) is 65.3 Å². The van der Waals surface area contributed by atoms with E-state index in [0.29, 0.717) is 19.3 Å². The lowest BCUT2D eigenvalue weighted by molar-refractivity contribution is -0.305. The van der Waals surface area contributed by atoms with E-state index in [1.54, 1.807) is 25.2 Å². The minimum atomic E-state index is -0.904. The highest BCUT2D eigenvalue weighted by Gasteiger charge is 2.50. The lowest BCUT2D eigenvalue weighted by Crippen LogP contribution is -2.59. The highest BCUT2D eigenvalue weighted by atomic mass is 16.7. The fourth-order valence-electron chi connectivity index (χ4n) is 7.64. The molecule has 0 spiro atoms. The Balaban J connectivity index is 1.56. The molecule has 50 heavy (non-hydrogen) atoms. The third-order valence-electron chi connectivity index (χ3n) is 10.7. The van der Waals surface area contributed by atoms with E-state index in [0.717, 1.165) is 0 Å². The number of hydrogen-bond donors (Lipinski definition) is 2. The van der Waals surface area contributed by atoms with Crippen molar-refractivity contribution in [2.75, 3.05) is 34.9 Å². The third kappa shape index (κ3) is 10.00.